The molecule has 0 aliphatic carbocycles. The smallest absolute Gasteiger partial charge is 0.262 e. The SMILES string of the molecule is Cc1nnc(S[C@@H](C)C(=O)c2ccc3c(c2)NC(=O)CO3)n1Cc1ccccc1. The van der Waals surface area contributed by atoms with Crippen LogP contribution in [0.5, 0.6) is 5.75 Å². The van der Waals surface area contributed by atoms with Crippen molar-refractivity contribution in [2.75, 3.05) is 11.9 Å². The van der Waals surface area contributed by atoms with Gasteiger partial charge in [-0.1, -0.05) is 42.1 Å². The molecule has 29 heavy (non-hydrogen) atoms. The van der Waals surface area contributed by atoms with Crippen molar-refractivity contribution in [1.29, 1.82) is 0 Å². The third kappa shape index (κ3) is 4.17. The normalized spacial score (nSPS) is 13.9. The van der Waals surface area contributed by atoms with Gasteiger partial charge in [-0.15, -0.1) is 10.2 Å². The number of aromatic nitrogens is 3. The predicted molar refractivity (Wildman–Crippen MR) is 111 cm³/mol. The third-order valence-electron chi connectivity index (χ3n) is 4.63. The van der Waals surface area contributed by atoms with E-state index in [1.54, 1.807) is 18.2 Å². The molecule has 1 aliphatic heterocycles. The van der Waals surface area contributed by atoms with Gasteiger partial charge in [-0.2, -0.15) is 0 Å². The highest BCUT2D eigenvalue weighted by Crippen LogP contribution is 2.31. The molecule has 1 aromatic heterocycles. The first-order valence-electron chi connectivity index (χ1n) is 9.22. The number of ether oxygens (including phenoxy) is 1. The number of benzene rings is 2. The first-order chi connectivity index (χ1) is 14.0. The number of carbonyl (C=O) groups is 2. The van der Waals surface area contributed by atoms with Crippen molar-refractivity contribution >= 4 is 29.1 Å². The Balaban J connectivity index is 1.51. The molecule has 2 heterocycles. The highest BCUT2D eigenvalue weighted by Gasteiger charge is 2.23. The van der Waals surface area contributed by atoms with E-state index in [1.165, 1.54) is 11.8 Å². The second-order valence-electron chi connectivity index (χ2n) is 6.77. The van der Waals surface area contributed by atoms with Crippen LogP contribution in [0, 0.1) is 6.92 Å². The molecule has 148 valence electrons. The van der Waals surface area contributed by atoms with Crippen LogP contribution in [0.1, 0.15) is 28.7 Å². The zero-order chi connectivity index (χ0) is 20.4. The van der Waals surface area contributed by atoms with E-state index >= 15 is 0 Å². The summed E-state index contributed by atoms with van der Waals surface area (Å²) in [5.41, 5.74) is 2.18. The molecule has 1 atom stereocenters. The lowest BCUT2D eigenvalue weighted by molar-refractivity contribution is -0.118. The van der Waals surface area contributed by atoms with Crippen molar-refractivity contribution < 1.29 is 14.3 Å². The van der Waals surface area contributed by atoms with E-state index in [1.807, 2.05) is 48.7 Å². The number of nitrogens with one attached hydrogen (secondary N) is 1. The van der Waals surface area contributed by atoms with E-state index in [-0.39, 0.29) is 23.5 Å². The predicted octanol–water partition coefficient (Wildman–Crippen LogP) is 3.33. The van der Waals surface area contributed by atoms with Crippen molar-refractivity contribution in [1.82, 2.24) is 14.8 Å². The molecule has 1 N–H and O–H groups in total. The van der Waals surface area contributed by atoms with Gasteiger partial charge in [0.05, 0.1) is 17.5 Å². The number of thioether (sulfide) groups is 1. The molecule has 0 radical (unpaired) electrons. The maximum absolute atomic E-state index is 13.0. The highest BCUT2D eigenvalue weighted by atomic mass is 32.2. The van der Waals surface area contributed by atoms with E-state index in [2.05, 4.69) is 15.5 Å². The number of amides is 1. The quantitative estimate of drug-likeness (QED) is 0.497. The molecule has 0 spiro atoms. The Morgan fingerprint density at radius 3 is 2.83 bits per heavy atom. The van der Waals surface area contributed by atoms with Crippen molar-refractivity contribution in [3.63, 3.8) is 0 Å². The molecular formula is C21H20N4O3S. The average molecular weight is 408 g/mol. The van der Waals surface area contributed by atoms with Crippen molar-refractivity contribution in [3.05, 3.63) is 65.5 Å². The summed E-state index contributed by atoms with van der Waals surface area (Å²) in [6.45, 7) is 4.38. The molecule has 1 amide bonds. The number of Topliss-reactive ketones (excluding diaryl/α,β-unsaturated/α-hetero) is 1. The number of ketones is 1. The number of fused-ring (bicyclic) bond motifs is 1. The standard InChI is InChI=1S/C21H20N4O3S/c1-13(20(27)16-8-9-18-17(10-16)22-19(26)12-28-18)29-21-24-23-14(2)25(21)11-15-6-4-3-5-7-15/h3-10,13H,11-12H2,1-2H3,(H,22,26)/t13-/m0/s1. The maximum Gasteiger partial charge on any atom is 0.262 e. The Bertz CT molecular complexity index is 1070. The fraction of sp³-hybridized carbons (Fsp3) is 0.238. The van der Waals surface area contributed by atoms with Crippen molar-refractivity contribution in [3.8, 4) is 5.75 Å². The summed E-state index contributed by atoms with van der Waals surface area (Å²) in [4.78, 5) is 24.5. The Hall–Kier alpha value is -3.13. The van der Waals surface area contributed by atoms with Crippen LogP contribution in [0.2, 0.25) is 0 Å². The van der Waals surface area contributed by atoms with Crippen LogP contribution in [-0.2, 0) is 11.3 Å². The summed E-state index contributed by atoms with van der Waals surface area (Å²) in [7, 11) is 0. The van der Waals surface area contributed by atoms with E-state index in [4.69, 9.17) is 4.74 Å². The molecule has 0 saturated carbocycles. The van der Waals surface area contributed by atoms with Gasteiger partial charge in [-0.05, 0) is 37.6 Å². The Morgan fingerprint density at radius 2 is 2.03 bits per heavy atom. The minimum absolute atomic E-state index is 0.0109. The average Bonchev–Trinajstić information content (AvgIpc) is 3.07. The Morgan fingerprint density at radius 1 is 1.24 bits per heavy atom. The van der Waals surface area contributed by atoms with E-state index < -0.39 is 0 Å². The lowest BCUT2D eigenvalue weighted by Crippen LogP contribution is -2.25. The molecule has 2 aromatic carbocycles. The molecular weight excluding hydrogens is 388 g/mol. The molecule has 1 aliphatic rings. The van der Waals surface area contributed by atoms with Gasteiger partial charge >= 0.3 is 0 Å². The number of aryl methyl sites for hydroxylation is 1. The Labute approximate surface area is 172 Å². The van der Waals surface area contributed by atoms with Crippen LogP contribution in [0.15, 0.2) is 53.7 Å². The molecule has 4 rings (SSSR count). The number of hydrogen-bond donors (Lipinski definition) is 1. The second-order valence-corrected chi connectivity index (χ2v) is 8.08. The van der Waals surface area contributed by atoms with Gasteiger partial charge in [0, 0.05) is 5.56 Å². The number of anilines is 1. The first-order valence-corrected chi connectivity index (χ1v) is 10.1. The minimum Gasteiger partial charge on any atom is -0.482 e. The highest BCUT2D eigenvalue weighted by molar-refractivity contribution is 8.00. The fourth-order valence-electron chi connectivity index (χ4n) is 3.08. The lowest BCUT2D eigenvalue weighted by Gasteiger charge is -2.19. The minimum atomic E-state index is -0.369. The summed E-state index contributed by atoms with van der Waals surface area (Å²) in [5.74, 6) is 1.09. The zero-order valence-corrected chi connectivity index (χ0v) is 16.9. The summed E-state index contributed by atoms with van der Waals surface area (Å²) >= 11 is 1.37. The number of rotatable bonds is 6. The molecule has 0 unspecified atom stereocenters. The van der Waals surface area contributed by atoms with E-state index in [0.717, 1.165) is 11.4 Å². The Kier molecular flexibility index (Phi) is 5.35. The number of hydrogen-bond acceptors (Lipinski definition) is 6. The van der Waals surface area contributed by atoms with Crippen LogP contribution >= 0.6 is 11.8 Å². The fourth-order valence-corrected chi connectivity index (χ4v) is 4.05. The molecule has 3 aromatic rings. The summed E-state index contributed by atoms with van der Waals surface area (Å²) in [6.07, 6.45) is 0. The molecule has 7 nitrogen and oxygen atoms in total. The van der Waals surface area contributed by atoms with Gasteiger partial charge in [-0.3, -0.25) is 9.59 Å². The van der Waals surface area contributed by atoms with Crippen LogP contribution in [0.25, 0.3) is 0 Å². The van der Waals surface area contributed by atoms with E-state index in [9.17, 15) is 9.59 Å². The molecule has 0 fully saturated rings. The number of carbonyl (C=O) groups excluding carboxylic acids is 2. The van der Waals surface area contributed by atoms with Crippen LogP contribution in [0.3, 0.4) is 0 Å². The van der Waals surface area contributed by atoms with Crippen LogP contribution in [0.4, 0.5) is 5.69 Å². The number of nitrogens with zero attached hydrogens (tertiary/aromatic N) is 3. The van der Waals surface area contributed by atoms with Crippen LogP contribution < -0.4 is 10.1 Å². The monoisotopic (exact) mass is 408 g/mol. The summed E-state index contributed by atoms with van der Waals surface area (Å²) < 4.78 is 7.36. The second kappa shape index (κ2) is 8.08. The molecule has 0 bridgehead atoms. The maximum atomic E-state index is 13.0. The largest absolute Gasteiger partial charge is 0.482 e. The first kappa shape index (κ1) is 19.2. The summed E-state index contributed by atoms with van der Waals surface area (Å²) in [6, 6.07) is 15.1. The van der Waals surface area contributed by atoms with Gasteiger partial charge in [0.15, 0.2) is 17.5 Å². The van der Waals surface area contributed by atoms with Gasteiger partial charge < -0.3 is 14.6 Å². The molecule has 0 saturated heterocycles. The van der Waals surface area contributed by atoms with Gasteiger partial charge in [0.2, 0.25) is 0 Å². The van der Waals surface area contributed by atoms with Crippen molar-refractivity contribution in [2.24, 2.45) is 0 Å². The van der Waals surface area contributed by atoms with Gasteiger partial charge in [0.25, 0.3) is 5.91 Å². The topological polar surface area (TPSA) is 86.1 Å². The summed E-state index contributed by atoms with van der Waals surface area (Å²) in [5, 5.41) is 11.5. The van der Waals surface area contributed by atoms with Crippen molar-refractivity contribution in [2.45, 2.75) is 30.8 Å². The van der Waals surface area contributed by atoms with E-state index in [0.29, 0.717) is 28.7 Å². The third-order valence-corrected chi connectivity index (χ3v) is 5.71. The van der Waals surface area contributed by atoms with Crippen LogP contribution in [-0.4, -0.2) is 38.3 Å². The van der Waals surface area contributed by atoms with Gasteiger partial charge in [0.1, 0.15) is 11.6 Å². The molecule has 8 heteroatoms. The lowest BCUT2D eigenvalue weighted by atomic mass is 10.1. The van der Waals surface area contributed by atoms with Gasteiger partial charge in [-0.25, -0.2) is 0 Å². The zero-order valence-electron chi connectivity index (χ0n) is 16.1.